The summed E-state index contributed by atoms with van der Waals surface area (Å²) >= 11 is 1.26. The highest BCUT2D eigenvalue weighted by Crippen LogP contribution is 2.23. The van der Waals surface area contributed by atoms with Crippen molar-refractivity contribution in [2.24, 2.45) is 0 Å². The molecule has 0 amide bonds. The number of rotatable bonds is 6. The van der Waals surface area contributed by atoms with Gasteiger partial charge in [0, 0.05) is 19.6 Å². The summed E-state index contributed by atoms with van der Waals surface area (Å²) in [4.78, 5) is 26.8. The second kappa shape index (κ2) is 8.14. The molecular weight excluding hydrogens is 306 g/mol. The lowest BCUT2D eigenvalue weighted by molar-refractivity contribution is -0.139. The molecule has 9 heteroatoms. The van der Waals surface area contributed by atoms with Crippen LogP contribution >= 0.6 is 11.8 Å². The molecule has 1 aliphatic heterocycles. The lowest BCUT2D eigenvalue weighted by Gasteiger charge is -2.27. The van der Waals surface area contributed by atoms with Crippen LogP contribution in [0.2, 0.25) is 0 Å². The third-order valence-electron chi connectivity index (χ3n) is 3.05. The van der Waals surface area contributed by atoms with Crippen LogP contribution in [0.3, 0.4) is 0 Å². The molecule has 2 heterocycles. The Labute approximate surface area is 134 Å². The lowest BCUT2D eigenvalue weighted by atomic mass is 10.4. The minimum atomic E-state index is -0.376. The predicted molar refractivity (Wildman–Crippen MR) is 84.4 cm³/mol. The monoisotopic (exact) mass is 327 g/mol. The maximum Gasteiger partial charge on any atom is 0.318 e. The van der Waals surface area contributed by atoms with E-state index in [0.717, 1.165) is 13.1 Å². The molecule has 1 aliphatic rings. The average Bonchev–Trinajstić information content (AvgIpc) is 2.55. The fraction of sp³-hybridized carbons (Fsp3) is 0.692. The quantitative estimate of drug-likeness (QED) is 0.601. The first kappa shape index (κ1) is 16.8. The normalized spacial score (nSPS) is 16.2. The van der Waals surface area contributed by atoms with Gasteiger partial charge >= 0.3 is 5.97 Å². The Bertz CT molecular complexity index is 510. The first-order valence-electron chi connectivity index (χ1n) is 7.21. The number of anilines is 2. The van der Waals surface area contributed by atoms with Gasteiger partial charge in [0.2, 0.25) is 11.9 Å². The van der Waals surface area contributed by atoms with Crippen molar-refractivity contribution >= 4 is 29.6 Å². The van der Waals surface area contributed by atoms with Crippen LogP contribution in [0.25, 0.3) is 0 Å². The van der Waals surface area contributed by atoms with Crippen LogP contribution in [0.1, 0.15) is 13.8 Å². The minimum absolute atomic E-state index is 0.302. The van der Waals surface area contributed by atoms with Gasteiger partial charge in [-0.15, -0.1) is 0 Å². The van der Waals surface area contributed by atoms with E-state index in [1.807, 2.05) is 6.92 Å². The van der Waals surface area contributed by atoms with E-state index in [9.17, 15) is 4.79 Å². The number of carbonyl (C=O) groups is 1. The molecule has 2 rings (SSSR count). The van der Waals surface area contributed by atoms with Crippen molar-refractivity contribution in [1.82, 2.24) is 15.0 Å². The van der Waals surface area contributed by atoms with Gasteiger partial charge in [-0.3, -0.25) is 4.79 Å². The number of esters is 1. The van der Waals surface area contributed by atoms with E-state index in [-0.39, 0.29) is 11.2 Å². The third-order valence-corrected chi connectivity index (χ3v) is 3.99. The Morgan fingerprint density at radius 3 is 2.77 bits per heavy atom. The van der Waals surface area contributed by atoms with Gasteiger partial charge in [-0.05, 0) is 13.8 Å². The lowest BCUT2D eigenvalue weighted by Crippen LogP contribution is -2.37. The van der Waals surface area contributed by atoms with E-state index < -0.39 is 0 Å². The van der Waals surface area contributed by atoms with Gasteiger partial charge in [0.25, 0.3) is 0 Å². The molecule has 0 radical (unpaired) electrons. The molecule has 1 fully saturated rings. The number of morpholine rings is 1. The first-order chi connectivity index (χ1) is 10.6. The van der Waals surface area contributed by atoms with Crippen molar-refractivity contribution in [1.29, 1.82) is 0 Å². The Morgan fingerprint density at radius 1 is 1.41 bits per heavy atom. The molecule has 0 aliphatic carbocycles. The number of ether oxygens (including phenoxy) is 2. The Kier molecular flexibility index (Phi) is 6.20. The molecule has 0 bridgehead atoms. The summed E-state index contributed by atoms with van der Waals surface area (Å²) in [6.45, 7) is 7.25. The molecule has 22 heavy (non-hydrogen) atoms. The number of nitrogens with zero attached hydrogens (tertiary/aromatic N) is 4. The van der Waals surface area contributed by atoms with Gasteiger partial charge < -0.3 is 19.7 Å². The molecular formula is C13H21N5O3S. The van der Waals surface area contributed by atoms with E-state index >= 15 is 0 Å². The molecule has 1 aromatic rings. The zero-order valence-corrected chi connectivity index (χ0v) is 13.9. The topological polar surface area (TPSA) is 89.5 Å². The molecule has 0 saturated carbocycles. The zero-order valence-electron chi connectivity index (χ0n) is 13.0. The van der Waals surface area contributed by atoms with Crippen LogP contribution in [-0.2, 0) is 14.3 Å². The highest BCUT2D eigenvalue weighted by atomic mass is 32.2. The minimum Gasteiger partial charge on any atom is -0.468 e. The van der Waals surface area contributed by atoms with Crippen molar-refractivity contribution in [2.45, 2.75) is 24.3 Å². The van der Waals surface area contributed by atoms with Crippen LogP contribution in [0.15, 0.2) is 5.16 Å². The van der Waals surface area contributed by atoms with Crippen LogP contribution in [0, 0.1) is 0 Å². The van der Waals surface area contributed by atoms with E-state index in [2.05, 4.69) is 25.2 Å². The summed E-state index contributed by atoms with van der Waals surface area (Å²) in [6.07, 6.45) is 0. The molecule has 8 nitrogen and oxygen atoms in total. The first-order valence-corrected chi connectivity index (χ1v) is 8.09. The summed E-state index contributed by atoms with van der Waals surface area (Å²) < 4.78 is 10.1. The fourth-order valence-electron chi connectivity index (χ4n) is 1.91. The summed E-state index contributed by atoms with van der Waals surface area (Å²) in [5.41, 5.74) is 0. The largest absolute Gasteiger partial charge is 0.468 e. The summed E-state index contributed by atoms with van der Waals surface area (Å²) in [5.74, 6) is 0.815. The van der Waals surface area contributed by atoms with Gasteiger partial charge in [-0.1, -0.05) is 11.8 Å². The molecule has 1 N–H and O–H groups in total. The predicted octanol–water partition coefficient (Wildman–Crippen LogP) is 0.794. The van der Waals surface area contributed by atoms with Crippen molar-refractivity contribution in [2.75, 3.05) is 50.2 Å². The van der Waals surface area contributed by atoms with Crippen LogP contribution < -0.4 is 10.2 Å². The van der Waals surface area contributed by atoms with Crippen molar-refractivity contribution in [3.05, 3.63) is 0 Å². The smallest absolute Gasteiger partial charge is 0.318 e. The third kappa shape index (κ3) is 4.44. The Balaban J connectivity index is 2.20. The van der Waals surface area contributed by atoms with E-state index in [0.29, 0.717) is 36.8 Å². The van der Waals surface area contributed by atoms with Crippen molar-refractivity contribution in [3.63, 3.8) is 0 Å². The maximum atomic E-state index is 11.6. The highest BCUT2D eigenvalue weighted by molar-refractivity contribution is 8.00. The SMILES string of the molecule is CCNc1nc(S[C@@H](C)C(=O)OC)nc(N2CCOCC2)n1. The van der Waals surface area contributed by atoms with Gasteiger partial charge in [0.1, 0.15) is 5.25 Å². The van der Waals surface area contributed by atoms with Crippen molar-refractivity contribution in [3.8, 4) is 0 Å². The van der Waals surface area contributed by atoms with E-state index in [1.54, 1.807) is 6.92 Å². The Morgan fingerprint density at radius 2 is 2.14 bits per heavy atom. The molecule has 1 aromatic heterocycles. The van der Waals surface area contributed by atoms with E-state index in [1.165, 1.54) is 18.9 Å². The maximum absolute atomic E-state index is 11.6. The van der Waals surface area contributed by atoms with Gasteiger partial charge in [-0.25, -0.2) is 0 Å². The van der Waals surface area contributed by atoms with Crippen LogP contribution in [0.5, 0.6) is 0 Å². The molecule has 1 atom stereocenters. The summed E-state index contributed by atoms with van der Waals surface area (Å²) in [7, 11) is 1.37. The second-order valence-corrected chi connectivity index (χ2v) is 5.96. The number of carbonyl (C=O) groups excluding carboxylic acids is 1. The van der Waals surface area contributed by atoms with Crippen LogP contribution in [-0.4, -0.2) is 66.1 Å². The standard InChI is InChI=1S/C13H21N5O3S/c1-4-14-11-15-12(18-5-7-21-8-6-18)17-13(16-11)22-9(2)10(19)20-3/h9H,4-8H2,1-3H3,(H,14,15,16,17)/t9-/m0/s1. The van der Waals surface area contributed by atoms with Gasteiger partial charge in [-0.2, -0.15) is 15.0 Å². The number of methoxy groups -OCH3 is 1. The van der Waals surface area contributed by atoms with Crippen LogP contribution in [0.4, 0.5) is 11.9 Å². The molecule has 0 aromatic carbocycles. The fourth-order valence-corrected chi connectivity index (χ4v) is 2.69. The molecule has 0 unspecified atom stereocenters. The molecule has 1 saturated heterocycles. The van der Waals surface area contributed by atoms with Crippen molar-refractivity contribution < 1.29 is 14.3 Å². The average molecular weight is 327 g/mol. The number of aromatic nitrogens is 3. The highest BCUT2D eigenvalue weighted by Gasteiger charge is 2.20. The second-order valence-electron chi connectivity index (χ2n) is 4.65. The molecule has 122 valence electrons. The van der Waals surface area contributed by atoms with Gasteiger partial charge in [0.15, 0.2) is 5.16 Å². The Hall–Kier alpha value is -1.61. The van der Waals surface area contributed by atoms with Gasteiger partial charge in [0.05, 0.1) is 20.3 Å². The number of hydrogen-bond acceptors (Lipinski definition) is 9. The number of nitrogens with one attached hydrogen (secondary N) is 1. The number of hydrogen-bond donors (Lipinski definition) is 1. The van der Waals surface area contributed by atoms with E-state index in [4.69, 9.17) is 9.47 Å². The number of thioether (sulfide) groups is 1. The summed E-state index contributed by atoms with van der Waals surface area (Å²) in [5, 5.41) is 3.22. The summed E-state index contributed by atoms with van der Waals surface area (Å²) in [6, 6.07) is 0. The zero-order chi connectivity index (χ0) is 15.9. The molecule has 0 spiro atoms.